The molecule has 1 unspecified atom stereocenters. The van der Waals surface area contributed by atoms with Gasteiger partial charge in [0.15, 0.2) is 0 Å². The molecule has 3 nitrogen and oxygen atoms in total. The monoisotopic (exact) mass is 293 g/mol. The number of benzene rings is 1. The summed E-state index contributed by atoms with van der Waals surface area (Å²) in [5, 5.41) is 0. The number of halogens is 1. The average Bonchev–Trinajstić information content (AvgIpc) is 2.83. The van der Waals surface area contributed by atoms with Crippen molar-refractivity contribution in [2.24, 2.45) is 0 Å². The highest BCUT2D eigenvalue weighted by atomic mass is 35.5. The quantitative estimate of drug-likeness (QED) is 0.755. The number of imidazole rings is 1. The van der Waals surface area contributed by atoms with Crippen LogP contribution in [0.1, 0.15) is 31.7 Å². The molecule has 1 aromatic carbocycles. The fraction of sp³-hybridized carbons (Fsp3) is 0.562. The van der Waals surface area contributed by atoms with Crippen molar-refractivity contribution in [3.63, 3.8) is 0 Å². The average molecular weight is 294 g/mol. The number of aromatic nitrogens is 2. The van der Waals surface area contributed by atoms with Crippen LogP contribution in [0.3, 0.4) is 0 Å². The number of fused-ring (bicyclic) bond motifs is 1. The van der Waals surface area contributed by atoms with Gasteiger partial charge in [-0.15, -0.1) is 11.6 Å². The molecule has 0 amide bonds. The molecule has 0 bridgehead atoms. The van der Waals surface area contributed by atoms with Gasteiger partial charge in [-0.2, -0.15) is 0 Å². The summed E-state index contributed by atoms with van der Waals surface area (Å²) in [5.74, 6) is 1.43. The molecule has 20 heavy (non-hydrogen) atoms. The van der Waals surface area contributed by atoms with Gasteiger partial charge in [0.1, 0.15) is 5.82 Å². The van der Waals surface area contributed by atoms with Crippen molar-refractivity contribution in [2.75, 3.05) is 13.6 Å². The Morgan fingerprint density at radius 2 is 2.15 bits per heavy atom. The van der Waals surface area contributed by atoms with Crippen LogP contribution < -0.4 is 0 Å². The van der Waals surface area contributed by atoms with Gasteiger partial charge in [-0.25, -0.2) is 4.98 Å². The lowest BCUT2D eigenvalue weighted by Gasteiger charge is -2.24. The van der Waals surface area contributed by atoms with Crippen LogP contribution in [-0.2, 0) is 12.4 Å². The van der Waals surface area contributed by atoms with Crippen LogP contribution in [0.25, 0.3) is 11.0 Å². The number of hydrogen-bond donors (Lipinski definition) is 0. The van der Waals surface area contributed by atoms with E-state index in [1.165, 1.54) is 17.5 Å². The summed E-state index contributed by atoms with van der Waals surface area (Å²) < 4.78 is 2.27. The highest BCUT2D eigenvalue weighted by Crippen LogP contribution is 2.21. The fourth-order valence-electron chi connectivity index (χ4n) is 2.55. The Morgan fingerprint density at radius 1 is 1.40 bits per heavy atom. The van der Waals surface area contributed by atoms with E-state index in [2.05, 4.69) is 60.5 Å². The largest absolute Gasteiger partial charge is 0.325 e. The molecule has 0 aliphatic rings. The van der Waals surface area contributed by atoms with Crippen molar-refractivity contribution < 1.29 is 0 Å². The minimum absolute atomic E-state index is 0.459. The summed E-state index contributed by atoms with van der Waals surface area (Å²) in [6.07, 6.45) is 1.17. The third-order valence-electron chi connectivity index (χ3n) is 4.19. The van der Waals surface area contributed by atoms with Crippen LogP contribution in [0, 0.1) is 6.92 Å². The maximum Gasteiger partial charge on any atom is 0.124 e. The minimum Gasteiger partial charge on any atom is -0.325 e. The number of para-hydroxylation sites is 1. The number of hydrogen-bond acceptors (Lipinski definition) is 2. The van der Waals surface area contributed by atoms with Crippen molar-refractivity contribution in [3.8, 4) is 0 Å². The van der Waals surface area contributed by atoms with Crippen LogP contribution in [-0.4, -0.2) is 34.1 Å². The van der Waals surface area contributed by atoms with E-state index in [0.29, 0.717) is 11.9 Å². The van der Waals surface area contributed by atoms with Gasteiger partial charge in [0.25, 0.3) is 0 Å². The number of nitrogens with zero attached hydrogens (tertiary/aromatic N) is 3. The number of rotatable bonds is 6. The molecule has 2 aromatic rings. The first kappa shape index (κ1) is 15.3. The zero-order valence-electron chi connectivity index (χ0n) is 12.9. The van der Waals surface area contributed by atoms with E-state index >= 15 is 0 Å². The first-order chi connectivity index (χ1) is 9.58. The zero-order valence-corrected chi connectivity index (χ0v) is 13.6. The zero-order chi connectivity index (χ0) is 14.7. The second kappa shape index (κ2) is 6.59. The van der Waals surface area contributed by atoms with Crippen LogP contribution >= 0.6 is 11.6 Å². The van der Waals surface area contributed by atoms with Crippen LogP contribution in [0.15, 0.2) is 18.2 Å². The van der Waals surface area contributed by atoms with Crippen LogP contribution in [0.2, 0.25) is 0 Å². The molecular weight excluding hydrogens is 270 g/mol. The Hall–Kier alpha value is -1.06. The van der Waals surface area contributed by atoms with Gasteiger partial charge in [0, 0.05) is 19.1 Å². The molecule has 0 saturated carbocycles. The molecule has 0 fully saturated rings. The summed E-state index contributed by atoms with van der Waals surface area (Å²) >= 11 is 6.06. The molecule has 110 valence electrons. The van der Waals surface area contributed by atoms with Crippen molar-refractivity contribution in [3.05, 3.63) is 29.6 Å². The maximum atomic E-state index is 6.06. The van der Waals surface area contributed by atoms with Crippen LogP contribution in [0.5, 0.6) is 0 Å². The van der Waals surface area contributed by atoms with Gasteiger partial charge in [0.2, 0.25) is 0 Å². The van der Waals surface area contributed by atoms with E-state index in [1.807, 2.05) is 0 Å². The normalized spacial score (nSPS) is 13.3. The molecule has 1 heterocycles. The Bertz CT molecular complexity index is 576. The maximum absolute atomic E-state index is 6.06. The molecular formula is C16H24ClN3. The van der Waals surface area contributed by atoms with Gasteiger partial charge in [0.05, 0.1) is 16.9 Å². The van der Waals surface area contributed by atoms with E-state index in [0.717, 1.165) is 24.4 Å². The Labute approximate surface area is 126 Å². The first-order valence-corrected chi connectivity index (χ1v) is 7.82. The lowest BCUT2D eigenvalue weighted by Crippen LogP contribution is -2.31. The molecule has 2 rings (SSSR count). The van der Waals surface area contributed by atoms with Crippen LogP contribution in [0.4, 0.5) is 0 Å². The van der Waals surface area contributed by atoms with E-state index in [1.54, 1.807) is 0 Å². The molecule has 1 aromatic heterocycles. The fourth-order valence-corrected chi connectivity index (χ4v) is 2.75. The molecule has 0 radical (unpaired) electrons. The number of likely N-dealkylation sites (N-methyl/N-ethyl adjacent to an activating group) is 1. The van der Waals surface area contributed by atoms with Gasteiger partial charge in [-0.05, 0) is 38.9 Å². The van der Waals surface area contributed by atoms with Gasteiger partial charge in [-0.3, -0.25) is 0 Å². The molecule has 0 N–H and O–H groups in total. The van der Waals surface area contributed by atoms with Gasteiger partial charge < -0.3 is 9.47 Å². The predicted molar refractivity (Wildman–Crippen MR) is 86.4 cm³/mol. The molecule has 0 spiro atoms. The van der Waals surface area contributed by atoms with E-state index in [4.69, 9.17) is 11.6 Å². The number of aryl methyl sites for hydroxylation is 1. The highest BCUT2D eigenvalue weighted by Gasteiger charge is 2.13. The SMILES string of the molecule is CCC(C)N(C)CCn1c(CCl)nc2cccc(C)c21. The van der Waals surface area contributed by atoms with Crippen molar-refractivity contribution in [1.29, 1.82) is 0 Å². The second-order valence-corrected chi connectivity index (χ2v) is 5.76. The third kappa shape index (κ3) is 2.99. The lowest BCUT2D eigenvalue weighted by atomic mass is 10.2. The van der Waals surface area contributed by atoms with E-state index in [9.17, 15) is 0 Å². The smallest absolute Gasteiger partial charge is 0.124 e. The molecule has 4 heteroatoms. The van der Waals surface area contributed by atoms with E-state index < -0.39 is 0 Å². The van der Waals surface area contributed by atoms with Gasteiger partial charge >= 0.3 is 0 Å². The topological polar surface area (TPSA) is 21.1 Å². The summed E-state index contributed by atoms with van der Waals surface area (Å²) in [4.78, 5) is 7.04. The third-order valence-corrected chi connectivity index (χ3v) is 4.43. The Kier molecular flexibility index (Phi) is 5.06. The summed E-state index contributed by atoms with van der Waals surface area (Å²) in [5.41, 5.74) is 3.53. The summed E-state index contributed by atoms with van der Waals surface area (Å²) in [7, 11) is 2.18. The van der Waals surface area contributed by atoms with Crippen molar-refractivity contribution >= 4 is 22.6 Å². The Morgan fingerprint density at radius 3 is 2.80 bits per heavy atom. The summed E-state index contributed by atoms with van der Waals surface area (Å²) in [6.45, 7) is 8.57. The molecule has 0 saturated heterocycles. The standard InChI is InChI=1S/C16H24ClN3/c1-5-13(3)19(4)9-10-20-15(11-17)18-14-8-6-7-12(2)16(14)20/h6-8,13H,5,9-11H2,1-4H3. The molecule has 0 aliphatic carbocycles. The van der Waals surface area contributed by atoms with Gasteiger partial charge in [-0.1, -0.05) is 19.1 Å². The van der Waals surface area contributed by atoms with Crippen molar-refractivity contribution in [1.82, 2.24) is 14.5 Å². The molecule has 0 aliphatic heterocycles. The van der Waals surface area contributed by atoms with Crippen molar-refractivity contribution in [2.45, 2.75) is 45.7 Å². The lowest BCUT2D eigenvalue weighted by molar-refractivity contribution is 0.243. The molecule has 1 atom stereocenters. The minimum atomic E-state index is 0.459. The predicted octanol–water partition coefficient (Wildman–Crippen LogP) is 3.81. The second-order valence-electron chi connectivity index (χ2n) is 5.49. The van der Waals surface area contributed by atoms with E-state index in [-0.39, 0.29) is 0 Å². The summed E-state index contributed by atoms with van der Waals surface area (Å²) in [6, 6.07) is 6.85. The first-order valence-electron chi connectivity index (χ1n) is 7.29. The highest BCUT2D eigenvalue weighted by molar-refractivity contribution is 6.16. The number of alkyl halides is 1. The Balaban J connectivity index is 2.28.